The predicted molar refractivity (Wildman–Crippen MR) is 51.0 cm³/mol. The van der Waals surface area contributed by atoms with Gasteiger partial charge in [0.25, 0.3) is 0 Å². The van der Waals surface area contributed by atoms with Gasteiger partial charge in [0.15, 0.2) is 0 Å². The molecule has 2 bridgehead atoms. The smallest absolute Gasteiger partial charge is 0.137 e. The van der Waals surface area contributed by atoms with Gasteiger partial charge in [-0.25, -0.2) is 0 Å². The summed E-state index contributed by atoms with van der Waals surface area (Å²) in [6.45, 7) is 3.84. The summed E-state index contributed by atoms with van der Waals surface area (Å²) in [4.78, 5) is 11.7. The monoisotopic (exact) mass is 174 g/mol. The number of rotatable bonds is 1. The maximum atomic E-state index is 11.7. The highest BCUT2D eigenvalue weighted by Gasteiger charge is 2.54. The van der Waals surface area contributed by atoms with Crippen LogP contribution in [0.2, 0.25) is 0 Å². The van der Waals surface area contributed by atoms with Crippen molar-refractivity contribution >= 4 is 5.78 Å². The molecule has 0 aromatic rings. The van der Waals surface area contributed by atoms with Gasteiger partial charge in [0.2, 0.25) is 0 Å². The SMILES string of the molecule is C=C[C@H]1CC(=O)[C@H]2[C@@H]1[C@H]1C=C[C@@H]2C1. The zero-order valence-electron chi connectivity index (χ0n) is 7.65. The van der Waals surface area contributed by atoms with Crippen LogP contribution in [0.25, 0.3) is 0 Å². The first-order chi connectivity index (χ1) is 6.31. The van der Waals surface area contributed by atoms with Gasteiger partial charge in [-0.1, -0.05) is 18.2 Å². The van der Waals surface area contributed by atoms with E-state index in [4.69, 9.17) is 0 Å². The second-order valence-electron chi connectivity index (χ2n) is 4.62. The molecule has 3 aliphatic rings. The van der Waals surface area contributed by atoms with Crippen LogP contribution in [0.4, 0.5) is 0 Å². The van der Waals surface area contributed by atoms with Crippen LogP contribution >= 0.6 is 0 Å². The van der Waals surface area contributed by atoms with Crippen molar-refractivity contribution in [1.82, 2.24) is 0 Å². The number of Topliss-reactive ketones (excluding diaryl/α,β-unsaturated/α-hetero) is 1. The quantitative estimate of drug-likeness (QED) is 0.557. The molecular formula is C12H14O. The molecule has 13 heavy (non-hydrogen) atoms. The number of hydrogen-bond acceptors (Lipinski definition) is 1. The van der Waals surface area contributed by atoms with Gasteiger partial charge in [-0.3, -0.25) is 4.79 Å². The molecule has 3 aliphatic carbocycles. The lowest BCUT2D eigenvalue weighted by Crippen LogP contribution is -2.21. The maximum absolute atomic E-state index is 11.7. The molecule has 0 N–H and O–H groups in total. The molecule has 3 rings (SSSR count). The van der Waals surface area contributed by atoms with Gasteiger partial charge < -0.3 is 0 Å². The van der Waals surface area contributed by atoms with Gasteiger partial charge in [0, 0.05) is 12.3 Å². The van der Waals surface area contributed by atoms with E-state index >= 15 is 0 Å². The van der Waals surface area contributed by atoms with Crippen molar-refractivity contribution in [2.24, 2.45) is 29.6 Å². The third-order valence-electron chi connectivity index (χ3n) is 4.13. The molecule has 0 radical (unpaired) electrons. The van der Waals surface area contributed by atoms with Crippen molar-refractivity contribution in [2.45, 2.75) is 12.8 Å². The van der Waals surface area contributed by atoms with E-state index < -0.39 is 0 Å². The standard InChI is InChI=1S/C12H14O/c1-2-7-6-10(13)12-9-4-3-8(5-9)11(7)12/h2-4,7-9,11-12H,1,5-6H2/t7-,8-,9+,11-,12-/m0/s1. The molecule has 0 aromatic carbocycles. The summed E-state index contributed by atoms with van der Waals surface area (Å²) >= 11 is 0. The molecule has 0 amide bonds. The van der Waals surface area contributed by atoms with Crippen LogP contribution in [0.3, 0.4) is 0 Å². The van der Waals surface area contributed by atoms with Crippen molar-refractivity contribution in [3.05, 3.63) is 24.8 Å². The second kappa shape index (κ2) is 2.34. The first-order valence-corrected chi connectivity index (χ1v) is 5.15. The maximum Gasteiger partial charge on any atom is 0.137 e. The molecule has 1 heteroatoms. The van der Waals surface area contributed by atoms with E-state index in [0.29, 0.717) is 35.4 Å². The topological polar surface area (TPSA) is 17.1 Å². The minimum atomic E-state index is 0.359. The number of ketones is 1. The third kappa shape index (κ3) is 0.800. The van der Waals surface area contributed by atoms with Gasteiger partial charge in [-0.05, 0) is 30.1 Å². The minimum absolute atomic E-state index is 0.359. The lowest BCUT2D eigenvalue weighted by Gasteiger charge is -2.22. The Bertz CT molecular complexity index is 302. The number of carbonyl (C=O) groups is 1. The summed E-state index contributed by atoms with van der Waals surface area (Å²) in [5, 5.41) is 0. The number of fused-ring (bicyclic) bond motifs is 5. The fourth-order valence-electron chi connectivity index (χ4n) is 3.64. The van der Waals surface area contributed by atoms with Crippen molar-refractivity contribution in [1.29, 1.82) is 0 Å². The normalized spacial score (nSPS) is 51.4. The lowest BCUT2D eigenvalue weighted by atomic mass is 9.81. The van der Waals surface area contributed by atoms with Gasteiger partial charge in [0.1, 0.15) is 5.78 Å². The molecule has 1 nitrogen and oxygen atoms in total. The van der Waals surface area contributed by atoms with Crippen molar-refractivity contribution in [2.75, 3.05) is 0 Å². The van der Waals surface area contributed by atoms with Crippen LogP contribution in [0.15, 0.2) is 24.8 Å². The van der Waals surface area contributed by atoms with E-state index in [0.717, 1.165) is 6.42 Å². The van der Waals surface area contributed by atoms with Crippen molar-refractivity contribution in [3.8, 4) is 0 Å². The Kier molecular flexibility index (Phi) is 1.36. The highest BCUT2D eigenvalue weighted by atomic mass is 16.1. The van der Waals surface area contributed by atoms with Crippen LogP contribution < -0.4 is 0 Å². The van der Waals surface area contributed by atoms with E-state index in [1.165, 1.54) is 6.42 Å². The largest absolute Gasteiger partial charge is 0.299 e. The van der Waals surface area contributed by atoms with Crippen LogP contribution in [0, 0.1) is 29.6 Å². The number of carbonyl (C=O) groups excluding carboxylic acids is 1. The highest BCUT2D eigenvalue weighted by molar-refractivity contribution is 5.85. The minimum Gasteiger partial charge on any atom is -0.299 e. The average molecular weight is 174 g/mol. The van der Waals surface area contributed by atoms with E-state index in [9.17, 15) is 4.79 Å². The zero-order chi connectivity index (χ0) is 9.00. The van der Waals surface area contributed by atoms with Crippen LogP contribution in [0.5, 0.6) is 0 Å². The van der Waals surface area contributed by atoms with Crippen LogP contribution in [-0.2, 0) is 4.79 Å². The van der Waals surface area contributed by atoms with E-state index in [-0.39, 0.29) is 0 Å². The van der Waals surface area contributed by atoms with Crippen molar-refractivity contribution in [3.63, 3.8) is 0 Å². The van der Waals surface area contributed by atoms with Gasteiger partial charge >= 0.3 is 0 Å². The Balaban J connectivity index is 2.01. The molecule has 2 saturated carbocycles. The molecule has 5 atom stereocenters. The summed E-state index contributed by atoms with van der Waals surface area (Å²) < 4.78 is 0. The zero-order valence-corrected chi connectivity index (χ0v) is 7.65. The van der Waals surface area contributed by atoms with Gasteiger partial charge in [0.05, 0.1) is 0 Å². The summed E-state index contributed by atoms with van der Waals surface area (Å²) in [7, 11) is 0. The van der Waals surface area contributed by atoms with Crippen LogP contribution in [0.1, 0.15) is 12.8 Å². The summed E-state index contributed by atoms with van der Waals surface area (Å²) in [5.41, 5.74) is 0. The molecule has 68 valence electrons. The Morgan fingerprint density at radius 2 is 2.15 bits per heavy atom. The molecular weight excluding hydrogens is 160 g/mol. The Morgan fingerprint density at radius 3 is 2.92 bits per heavy atom. The number of hydrogen-bond donors (Lipinski definition) is 0. The summed E-state index contributed by atoms with van der Waals surface area (Å²) in [6.07, 6.45) is 8.56. The Hall–Kier alpha value is -0.850. The molecule has 0 heterocycles. The number of allylic oxidation sites excluding steroid dienone is 3. The molecule has 0 aliphatic heterocycles. The fraction of sp³-hybridized carbons (Fsp3) is 0.583. The molecule has 2 fully saturated rings. The molecule has 0 aromatic heterocycles. The lowest BCUT2D eigenvalue weighted by molar-refractivity contribution is -0.121. The van der Waals surface area contributed by atoms with Crippen LogP contribution in [-0.4, -0.2) is 5.78 Å². The average Bonchev–Trinajstić information content (AvgIpc) is 2.76. The van der Waals surface area contributed by atoms with Crippen molar-refractivity contribution < 1.29 is 4.79 Å². The Morgan fingerprint density at radius 1 is 1.38 bits per heavy atom. The summed E-state index contributed by atoms with van der Waals surface area (Å²) in [6, 6.07) is 0. The highest BCUT2D eigenvalue weighted by Crippen LogP contribution is 2.56. The molecule has 0 saturated heterocycles. The van der Waals surface area contributed by atoms with Gasteiger partial charge in [-0.2, -0.15) is 0 Å². The Labute approximate surface area is 78.5 Å². The first kappa shape index (κ1) is 7.54. The summed E-state index contributed by atoms with van der Waals surface area (Å²) in [5.74, 6) is 3.19. The van der Waals surface area contributed by atoms with E-state index in [1.807, 2.05) is 6.08 Å². The fourth-order valence-corrected chi connectivity index (χ4v) is 3.64. The van der Waals surface area contributed by atoms with E-state index in [1.54, 1.807) is 0 Å². The molecule has 0 unspecified atom stereocenters. The third-order valence-corrected chi connectivity index (χ3v) is 4.13. The van der Waals surface area contributed by atoms with Gasteiger partial charge in [-0.15, -0.1) is 6.58 Å². The molecule has 0 spiro atoms. The predicted octanol–water partition coefficient (Wildman–Crippen LogP) is 2.20. The second-order valence-corrected chi connectivity index (χ2v) is 4.62. The van der Waals surface area contributed by atoms with E-state index in [2.05, 4.69) is 18.7 Å². The first-order valence-electron chi connectivity index (χ1n) is 5.15.